The minimum Gasteiger partial charge on any atom is -0.143 e. The summed E-state index contributed by atoms with van der Waals surface area (Å²) in [5, 5.41) is 2.73. The molecular weight excluding hydrogens is 379 g/mol. The summed E-state index contributed by atoms with van der Waals surface area (Å²) in [4.78, 5) is 2.26. The molecule has 0 amide bonds. The Kier molecular flexibility index (Phi) is 3.54. The zero-order chi connectivity index (χ0) is 12.0. The number of hydrogen-bond donors (Lipinski definition) is 0. The molecule has 0 aliphatic heterocycles. The second-order valence-corrected chi connectivity index (χ2v) is 8.74. The highest BCUT2D eigenvalue weighted by molar-refractivity contribution is 9.11. The maximum Gasteiger partial charge on any atom is 0.102 e. The van der Waals surface area contributed by atoms with Gasteiger partial charge < -0.3 is 0 Å². The average Bonchev–Trinajstić information content (AvgIpc) is 2.92. The van der Waals surface area contributed by atoms with Crippen LogP contribution >= 0.6 is 73.1 Å². The van der Waals surface area contributed by atoms with Gasteiger partial charge in [-0.2, -0.15) is 0 Å². The molecule has 0 N–H and O–H groups in total. The van der Waals surface area contributed by atoms with Crippen LogP contribution in [0.15, 0.2) is 27.4 Å². The van der Waals surface area contributed by atoms with Crippen LogP contribution in [-0.4, -0.2) is 0 Å². The van der Waals surface area contributed by atoms with Gasteiger partial charge in [-0.15, -0.1) is 45.6 Å². The predicted molar refractivity (Wildman–Crippen MR) is 84.4 cm³/mol. The first-order chi connectivity index (χ1) is 8.15. The van der Waals surface area contributed by atoms with Crippen molar-refractivity contribution in [2.75, 3.05) is 0 Å². The van der Waals surface area contributed by atoms with Crippen LogP contribution in [0.1, 0.15) is 15.1 Å². The van der Waals surface area contributed by atoms with Gasteiger partial charge in [-0.3, -0.25) is 0 Å². The Bertz CT molecular complexity index is 619. The van der Waals surface area contributed by atoms with Crippen LogP contribution in [0.5, 0.6) is 0 Å². The number of halogens is 3. The smallest absolute Gasteiger partial charge is 0.102 e. The minimum absolute atomic E-state index is 0.103. The molecule has 88 valence electrons. The van der Waals surface area contributed by atoms with Gasteiger partial charge in [0.25, 0.3) is 0 Å². The van der Waals surface area contributed by atoms with Crippen molar-refractivity contribution in [3.8, 4) is 0 Å². The van der Waals surface area contributed by atoms with E-state index in [4.69, 9.17) is 23.2 Å². The number of hydrogen-bond acceptors (Lipinski definition) is 3. The average molecular weight is 384 g/mol. The molecule has 0 aliphatic carbocycles. The van der Waals surface area contributed by atoms with Crippen molar-refractivity contribution >= 4 is 82.5 Å². The molecule has 0 aliphatic rings. The van der Waals surface area contributed by atoms with E-state index in [1.165, 1.54) is 14.3 Å². The Morgan fingerprint density at radius 2 is 1.88 bits per heavy atom. The van der Waals surface area contributed by atoms with Crippen LogP contribution < -0.4 is 0 Å². The molecule has 3 rings (SSSR count). The highest BCUT2D eigenvalue weighted by atomic mass is 79.9. The van der Waals surface area contributed by atoms with E-state index in [1.807, 2.05) is 6.07 Å². The van der Waals surface area contributed by atoms with E-state index in [-0.39, 0.29) is 5.38 Å². The van der Waals surface area contributed by atoms with Gasteiger partial charge in [0.05, 0.1) is 8.81 Å². The van der Waals surface area contributed by atoms with E-state index in [0.717, 1.165) is 13.7 Å². The Morgan fingerprint density at radius 3 is 2.53 bits per heavy atom. The Morgan fingerprint density at radius 1 is 1.12 bits per heavy atom. The first-order valence-corrected chi connectivity index (χ1v) is 8.83. The van der Waals surface area contributed by atoms with Crippen LogP contribution in [0.25, 0.3) is 9.40 Å². The van der Waals surface area contributed by atoms with E-state index < -0.39 is 0 Å². The fraction of sp³-hybridized carbons (Fsp3) is 0.0909. The molecular formula is C11H5BrCl2S3. The molecule has 0 nitrogen and oxygen atoms in total. The highest BCUT2D eigenvalue weighted by Crippen LogP contribution is 2.44. The van der Waals surface area contributed by atoms with Crippen molar-refractivity contribution in [1.82, 2.24) is 0 Å². The first kappa shape index (κ1) is 12.5. The van der Waals surface area contributed by atoms with Crippen molar-refractivity contribution in [3.05, 3.63) is 42.1 Å². The van der Waals surface area contributed by atoms with Crippen LogP contribution in [0.3, 0.4) is 0 Å². The Balaban J connectivity index is 2.01. The molecule has 0 saturated carbocycles. The van der Waals surface area contributed by atoms with Gasteiger partial charge >= 0.3 is 0 Å². The summed E-state index contributed by atoms with van der Waals surface area (Å²) in [7, 11) is 0. The minimum atomic E-state index is -0.103. The molecule has 3 aromatic heterocycles. The summed E-state index contributed by atoms with van der Waals surface area (Å²) < 4.78 is 3.55. The maximum absolute atomic E-state index is 6.49. The maximum atomic E-state index is 6.49. The molecule has 1 unspecified atom stereocenters. The molecule has 0 radical (unpaired) electrons. The zero-order valence-corrected chi connectivity index (χ0v) is 13.8. The van der Waals surface area contributed by atoms with Gasteiger partial charge in [0.1, 0.15) is 5.38 Å². The van der Waals surface area contributed by atoms with Gasteiger partial charge in [0, 0.05) is 19.2 Å². The number of thiophene rings is 3. The summed E-state index contributed by atoms with van der Waals surface area (Å²) >= 11 is 21.0. The molecule has 0 spiro atoms. The van der Waals surface area contributed by atoms with Gasteiger partial charge in [0.15, 0.2) is 0 Å². The van der Waals surface area contributed by atoms with Gasteiger partial charge in [-0.1, -0.05) is 11.6 Å². The molecule has 1 atom stereocenters. The summed E-state index contributed by atoms with van der Waals surface area (Å²) in [5.74, 6) is 0. The molecule has 0 bridgehead atoms. The molecule has 0 fully saturated rings. The zero-order valence-electron chi connectivity index (χ0n) is 8.25. The number of rotatable bonds is 2. The third kappa shape index (κ3) is 2.31. The van der Waals surface area contributed by atoms with E-state index in [0.29, 0.717) is 0 Å². The van der Waals surface area contributed by atoms with E-state index in [1.54, 1.807) is 34.0 Å². The fourth-order valence-electron chi connectivity index (χ4n) is 1.54. The number of alkyl halides is 1. The Hall–Kier alpha value is 0.420. The predicted octanol–water partition coefficient (Wildman–Crippen LogP) is 6.77. The second kappa shape index (κ2) is 4.83. The van der Waals surface area contributed by atoms with Crippen molar-refractivity contribution in [1.29, 1.82) is 0 Å². The Labute approximate surface area is 129 Å². The normalized spacial score (nSPS) is 13.4. The van der Waals surface area contributed by atoms with E-state index in [2.05, 4.69) is 33.4 Å². The van der Waals surface area contributed by atoms with Crippen molar-refractivity contribution in [3.63, 3.8) is 0 Å². The monoisotopic (exact) mass is 382 g/mol. The highest BCUT2D eigenvalue weighted by Gasteiger charge is 2.18. The lowest BCUT2D eigenvalue weighted by Crippen LogP contribution is -1.84. The standard InChI is InChI=1S/C11H5BrCl2S3/c12-11-5(13)3-8(17-11)10(14)9-4-7-6(16-9)1-2-15-7/h1-4,10H. The van der Waals surface area contributed by atoms with E-state index >= 15 is 0 Å². The van der Waals surface area contributed by atoms with Crippen molar-refractivity contribution in [2.45, 2.75) is 5.38 Å². The summed E-state index contributed by atoms with van der Waals surface area (Å²) in [6, 6.07) is 6.24. The third-order valence-electron chi connectivity index (χ3n) is 2.32. The lowest BCUT2D eigenvalue weighted by molar-refractivity contribution is 1.24. The quantitative estimate of drug-likeness (QED) is 0.428. The molecule has 3 aromatic rings. The molecule has 3 heterocycles. The SMILES string of the molecule is Clc1cc(C(Cl)c2cc3sccc3s2)sc1Br. The van der Waals surface area contributed by atoms with Crippen LogP contribution in [-0.2, 0) is 0 Å². The van der Waals surface area contributed by atoms with Crippen molar-refractivity contribution in [2.24, 2.45) is 0 Å². The fourth-order valence-corrected chi connectivity index (χ4v) is 5.87. The topological polar surface area (TPSA) is 0 Å². The summed E-state index contributed by atoms with van der Waals surface area (Å²) in [6.45, 7) is 0. The molecule has 17 heavy (non-hydrogen) atoms. The molecule has 0 aromatic carbocycles. The number of fused-ring (bicyclic) bond motifs is 1. The van der Waals surface area contributed by atoms with Crippen LogP contribution in [0.2, 0.25) is 5.02 Å². The third-order valence-corrected chi connectivity index (χ3v) is 7.75. The van der Waals surface area contributed by atoms with Gasteiger partial charge in [-0.25, -0.2) is 0 Å². The lowest BCUT2D eigenvalue weighted by Gasteiger charge is -2.02. The largest absolute Gasteiger partial charge is 0.143 e. The van der Waals surface area contributed by atoms with Gasteiger partial charge in [0.2, 0.25) is 0 Å². The van der Waals surface area contributed by atoms with Crippen LogP contribution in [0, 0.1) is 0 Å². The van der Waals surface area contributed by atoms with Crippen molar-refractivity contribution < 1.29 is 0 Å². The van der Waals surface area contributed by atoms with Gasteiger partial charge in [-0.05, 0) is 39.5 Å². The van der Waals surface area contributed by atoms with Crippen LogP contribution in [0.4, 0.5) is 0 Å². The second-order valence-electron chi connectivity index (χ2n) is 3.43. The molecule has 6 heteroatoms. The molecule has 0 saturated heterocycles. The summed E-state index contributed by atoms with van der Waals surface area (Å²) in [6.07, 6.45) is 0. The lowest BCUT2D eigenvalue weighted by atomic mass is 10.3. The van der Waals surface area contributed by atoms with E-state index in [9.17, 15) is 0 Å². The summed E-state index contributed by atoms with van der Waals surface area (Å²) in [5.41, 5.74) is 0. The first-order valence-electron chi connectivity index (χ1n) is 4.71.